The Hall–Kier alpha value is -1.88. The maximum Gasteiger partial charge on any atom is 0.320 e. The van der Waals surface area contributed by atoms with Crippen LogP contribution in [0.15, 0.2) is 30.3 Å². The maximum absolute atomic E-state index is 13.0. The highest BCUT2D eigenvalue weighted by Crippen LogP contribution is 2.41. The first kappa shape index (κ1) is 18.9. The molecule has 5 nitrogen and oxygen atoms in total. The van der Waals surface area contributed by atoms with Crippen molar-refractivity contribution in [1.29, 1.82) is 0 Å². The van der Waals surface area contributed by atoms with Gasteiger partial charge in [-0.3, -0.25) is 14.9 Å². The van der Waals surface area contributed by atoms with Crippen LogP contribution in [-0.4, -0.2) is 46.1 Å². The summed E-state index contributed by atoms with van der Waals surface area (Å²) in [6, 6.07) is 9.28. The molecule has 26 heavy (non-hydrogen) atoms. The third-order valence-corrected chi connectivity index (χ3v) is 6.03. The number of carboxylic acid groups (broad SMARTS) is 1. The minimum atomic E-state index is -0.895. The van der Waals surface area contributed by atoms with Gasteiger partial charge in [0.15, 0.2) is 0 Å². The lowest BCUT2D eigenvalue weighted by Gasteiger charge is -2.32. The second kappa shape index (κ2) is 8.21. The van der Waals surface area contributed by atoms with Crippen LogP contribution >= 0.6 is 0 Å². The molecule has 0 unspecified atom stereocenters. The van der Waals surface area contributed by atoms with Crippen LogP contribution in [0.3, 0.4) is 0 Å². The molecule has 1 saturated heterocycles. The zero-order chi connectivity index (χ0) is 18.7. The summed E-state index contributed by atoms with van der Waals surface area (Å²) in [5, 5.41) is 12.6. The molecule has 0 radical (unpaired) electrons. The smallest absolute Gasteiger partial charge is 0.320 e. The van der Waals surface area contributed by atoms with Crippen molar-refractivity contribution < 1.29 is 14.7 Å². The molecule has 5 heteroatoms. The van der Waals surface area contributed by atoms with Crippen molar-refractivity contribution in [1.82, 2.24) is 10.2 Å². The number of likely N-dealkylation sites (tertiary alicyclic amines) is 1. The van der Waals surface area contributed by atoms with Gasteiger partial charge < -0.3 is 10.0 Å². The van der Waals surface area contributed by atoms with Crippen LogP contribution in [0.2, 0.25) is 0 Å². The number of carbonyl (C=O) groups is 2. The number of amides is 1. The Morgan fingerprint density at radius 3 is 2.69 bits per heavy atom. The molecule has 1 aliphatic carbocycles. The van der Waals surface area contributed by atoms with Gasteiger partial charge in [0.2, 0.25) is 5.91 Å². The molecule has 2 aliphatic rings. The molecule has 0 bridgehead atoms. The molecule has 1 aliphatic heterocycles. The number of aryl methyl sites for hydroxylation is 1. The molecule has 1 aromatic carbocycles. The highest BCUT2D eigenvalue weighted by atomic mass is 16.4. The third kappa shape index (κ3) is 4.09. The minimum Gasteiger partial charge on any atom is -0.480 e. The van der Waals surface area contributed by atoms with Gasteiger partial charge >= 0.3 is 5.97 Å². The predicted molar refractivity (Wildman–Crippen MR) is 101 cm³/mol. The van der Waals surface area contributed by atoms with E-state index >= 15 is 0 Å². The number of nitrogens with zero attached hydrogens (tertiary/aromatic N) is 1. The standard InChI is InChI=1S/C21H30N2O3/c1-14-13-17-9-6-10-19(17)23(14)20(24)15(2)22-18(21(25)26)12-11-16-7-4-3-5-8-16/h3-5,7-8,14-15,17-19,22H,6,9-13H2,1-2H3,(H,25,26)/t14-,15+,17+,18+,19+/m1/s1. The molecule has 5 atom stereocenters. The second-order valence-electron chi connectivity index (χ2n) is 7.89. The van der Waals surface area contributed by atoms with Crippen molar-refractivity contribution in [2.75, 3.05) is 0 Å². The Balaban J connectivity index is 1.59. The van der Waals surface area contributed by atoms with Crippen LogP contribution in [0.1, 0.15) is 51.5 Å². The number of rotatable bonds is 7. The topological polar surface area (TPSA) is 69.6 Å². The van der Waals surface area contributed by atoms with Crippen LogP contribution in [0.4, 0.5) is 0 Å². The second-order valence-corrected chi connectivity index (χ2v) is 7.89. The molecule has 1 heterocycles. The number of aliphatic carboxylic acids is 1. The number of hydrogen-bond donors (Lipinski definition) is 2. The fourth-order valence-electron chi connectivity index (χ4n) is 4.75. The van der Waals surface area contributed by atoms with Gasteiger partial charge in [0, 0.05) is 12.1 Å². The highest BCUT2D eigenvalue weighted by molar-refractivity contribution is 5.83. The molecule has 3 rings (SSSR count). The SMILES string of the molecule is C[C@H](N[C@@H](CCc1ccccc1)C(=O)O)C(=O)N1[C@H](C)C[C@@H]2CCC[C@@H]21. The summed E-state index contributed by atoms with van der Waals surface area (Å²) >= 11 is 0. The first-order valence-electron chi connectivity index (χ1n) is 9.82. The fraction of sp³-hybridized carbons (Fsp3) is 0.619. The van der Waals surface area contributed by atoms with Crippen LogP contribution in [0, 0.1) is 5.92 Å². The number of benzene rings is 1. The zero-order valence-electron chi connectivity index (χ0n) is 15.7. The van der Waals surface area contributed by atoms with E-state index in [4.69, 9.17) is 0 Å². The molecule has 1 aromatic rings. The minimum absolute atomic E-state index is 0.0536. The van der Waals surface area contributed by atoms with Crippen molar-refractivity contribution in [3.63, 3.8) is 0 Å². The lowest BCUT2D eigenvalue weighted by atomic mass is 10.0. The van der Waals surface area contributed by atoms with E-state index in [1.807, 2.05) is 35.2 Å². The highest BCUT2D eigenvalue weighted by Gasteiger charge is 2.45. The van der Waals surface area contributed by atoms with E-state index in [1.54, 1.807) is 6.92 Å². The van der Waals surface area contributed by atoms with Crippen molar-refractivity contribution >= 4 is 11.9 Å². The summed E-state index contributed by atoms with van der Waals surface area (Å²) in [5.74, 6) is -0.207. The molecule has 1 saturated carbocycles. The Morgan fingerprint density at radius 1 is 1.27 bits per heavy atom. The van der Waals surface area contributed by atoms with Crippen LogP contribution in [-0.2, 0) is 16.0 Å². The van der Waals surface area contributed by atoms with Gasteiger partial charge in [0.05, 0.1) is 6.04 Å². The van der Waals surface area contributed by atoms with Crippen molar-refractivity contribution in [2.24, 2.45) is 5.92 Å². The summed E-state index contributed by atoms with van der Waals surface area (Å²) in [6.07, 6.45) is 5.73. The summed E-state index contributed by atoms with van der Waals surface area (Å²) in [4.78, 5) is 26.7. The number of carboxylic acids is 1. The molecular formula is C21H30N2O3. The maximum atomic E-state index is 13.0. The number of carbonyl (C=O) groups excluding carboxylic acids is 1. The zero-order valence-corrected chi connectivity index (χ0v) is 15.7. The normalized spacial score (nSPS) is 27.2. The van der Waals surface area contributed by atoms with Crippen molar-refractivity contribution in [3.05, 3.63) is 35.9 Å². The average molecular weight is 358 g/mol. The molecule has 142 valence electrons. The van der Waals surface area contributed by atoms with Gasteiger partial charge in [-0.25, -0.2) is 0 Å². The van der Waals surface area contributed by atoms with Crippen LogP contribution in [0.5, 0.6) is 0 Å². The van der Waals surface area contributed by atoms with E-state index in [1.165, 1.54) is 12.8 Å². The number of hydrogen-bond acceptors (Lipinski definition) is 3. The van der Waals surface area contributed by atoms with Crippen molar-refractivity contribution in [2.45, 2.75) is 76.5 Å². The van der Waals surface area contributed by atoms with E-state index in [9.17, 15) is 14.7 Å². The quantitative estimate of drug-likeness (QED) is 0.786. The Morgan fingerprint density at radius 2 is 2.00 bits per heavy atom. The lowest BCUT2D eigenvalue weighted by molar-refractivity contribution is -0.141. The molecule has 0 spiro atoms. The summed E-state index contributed by atoms with van der Waals surface area (Å²) in [5.41, 5.74) is 1.11. The van der Waals surface area contributed by atoms with Crippen molar-refractivity contribution in [3.8, 4) is 0 Å². The Bertz CT molecular complexity index is 633. The molecular weight excluding hydrogens is 328 g/mol. The Labute approximate surface area is 155 Å². The van der Waals surface area contributed by atoms with Crippen LogP contribution < -0.4 is 5.32 Å². The summed E-state index contributed by atoms with van der Waals surface area (Å²) in [7, 11) is 0. The van der Waals surface area contributed by atoms with E-state index < -0.39 is 18.1 Å². The van der Waals surface area contributed by atoms with Gasteiger partial charge in [-0.1, -0.05) is 36.8 Å². The fourth-order valence-corrected chi connectivity index (χ4v) is 4.75. The van der Waals surface area contributed by atoms with Gasteiger partial charge in [-0.15, -0.1) is 0 Å². The molecule has 2 N–H and O–H groups in total. The first-order chi connectivity index (χ1) is 12.5. The summed E-state index contributed by atoms with van der Waals surface area (Å²) < 4.78 is 0. The Kier molecular flexibility index (Phi) is 5.97. The van der Waals surface area contributed by atoms with Gasteiger partial charge in [0.25, 0.3) is 0 Å². The first-order valence-corrected chi connectivity index (χ1v) is 9.82. The average Bonchev–Trinajstić information content (AvgIpc) is 3.18. The molecule has 2 fully saturated rings. The lowest BCUT2D eigenvalue weighted by Crippen LogP contribution is -2.53. The van der Waals surface area contributed by atoms with E-state index in [0.29, 0.717) is 24.8 Å². The molecule has 1 amide bonds. The largest absolute Gasteiger partial charge is 0.480 e. The van der Waals surface area contributed by atoms with E-state index in [0.717, 1.165) is 18.4 Å². The van der Waals surface area contributed by atoms with Gasteiger partial charge in [-0.2, -0.15) is 0 Å². The van der Waals surface area contributed by atoms with E-state index in [-0.39, 0.29) is 11.9 Å². The van der Waals surface area contributed by atoms with Gasteiger partial charge in [-0.05, 0) is 57.4 Å². The summed E-state index contributed by atoms with van der Waals surface area (Å²) in [6.45, 7) is 3.92. The van der Waals surface area contributed by atoms with Gasteiger partial charge in [0.1, 0.15) is 6.04 Å². The third-order valence-electron chi connectivity index (χ3n) is 6.03. The number of fused-ring (bicyclic) bond motifs is 1. The van der Waals surface area contributed by atoms with E-state index in [2.05, 4.69) is 12.2 Å². The predicted octanol–water partition coefficient (Wildman–Crippen LogP) is 2.84. The number of nitrogens with one attached hydrogen (secondary N) is 1. The monoisotopic (exact) mass is 358 g/mol. The molecule has 0 aromatic heterocycles. The van der Waals surface area contributed by atoms with Crippen LogP contribution in [0.25, 0.3) is 0 Å².